The summed E-state index contributed by atoms with van der Waals surface area (Å²) in [4.78, 5) is 8.56. The van der Waals surface area contributed by atoms with Crippen LogP contribution >= 0.6 is 0 Å². The molecular formula is C14H21N5O. The highest BCUT2D eigenvalue weighted by Crippen LogP contribution is 2.19. The molecule has 0 unspecified atom stereocenters. The van der Waals surface area contributed by atoms with E-state index < -0.39 is 0 Å². The second kappa shape index (κ2) is 7.00. The Bertz CT molecular complexity index is 538. The lowest BCUT2D eigenvalue weighted by atomic mass is 10.4. The third-order valence-corrected chi connectivity index (χ3v) is 2.72. The highest BCUT2D eigenvalue weighted by atomic mass is 16.5. The molecule has 0 amide bonds. The number of rotatable bonds is 7. The number of aromatic nitrogens is 4. The van der Waals surface area contributed by atoms with Gasteiger partial charge in [-0.25, -0.2) is 4.98 Å². The van der Waals surface area contributed by atoms with E-state index in [1.54, 1.807) is 18.6 Å². The summed E-state index contributed by atoms with van der Waals surface area (Å²) in [6, 6.07) is 0.308. The first-order chi connectivity index (χ1) is 9.69. The zero-order valence-corrected chi connectivity index (χ0v) is 12.2. The Morgan fingerprint density at radius 3 is 2.85 bits per heavy atom. The zero-order valence-electron chi connectivity index (χ0n) is 12.2. The molecule has 0 fully saturated rings. The number of hydrogen-bond donors (Lipinski definition) is 1. The van der Waals surface area contributed by atoms with Crippen LogP contribution in [0.1, 0.15) is 38.9 Å². The largest absolute Gasteiger partial charge is 0.434 e. The molecule has 0 aliphatic carbocycles. The number of nitrogens with one attached hydrogen (secondary N) is 1. The number of hydrogen-bond acceptors (Lipinski definition) is 5. The Morgan fingerprint density at radius 1 is 1.30 bits per heavy atom. The van der Waals surface area contributed by atoms with E-state index in [9.17, 15) is 0 Å². The molecule has 6 nitrogen and oxygen atoms in total. The fourth-order valence-electron chi connectivity index (χ4n) is 1.69. The molecule has 20 heavy (non-hydrogen) atoms. The van der Waals surface area contributed by atoms with Gasteiger partial charge in [0, 0.05) is 18.8 Å². The highest BCUT2D eigenvalue weighted by molar-refractivity contribution is 5.20. The second-order valence-corrected chi connectivity index (χ2v) is 4.88. The molecule has 2 aromatic heterocycles. The van der Waals surface area contributed by atoms with Crippen molar-refractivity contribution in [2.24, 2.45) is 0 Å². The molecule has 0 aliphatic rings. The molecule has 0 saturated carbocycles. The van der Waals surface area contributed by atoms with Crippen molar-refractivity contribution in [2.75, 3.05) is 6.54 Å². The Hall–Kier alpha value is -1.95. The third kappa shape index (κ3) is 4.03. The van der Waals surface area contributed by atoms with Crippen molar-refractivity contribution in [1.29, 1.82) is 0 Å². The molecule has 0 spiro atoms. The van der Waals surface area contributed by atoms with Crippen molar-refractivity contribution < 1.29 is 4.74 Å². The smallest absolute Gasteiger partial charge is 0.238 e. The van der Waals surface area contributed by atoms with Crippen molar-refractivity contribution in [2.45, 2.75) is 39.8 Å². The van der Waals surface area contributed by atoms with Crippen LogP contribution in [0.4, 0.5) is 0 Å². The van der Waals surface area contributed by atoms with E-state index in [1.807, 2.05) is 10.9 Å². The predicted molar refractivity (Wildman–Crippen MR) is 76.7 cm³/mol. The third-order valence-electron chi connectivity index (χ3n) is 2.72. The van der Waals surface area contributed by atoms with Crippen LogP contribution < -0.4 is 10.1 Å². The minimum absolute atomic E-state index is 0.308. The molecule has 1 N–H and O–H groups in total. The molecule has 0 saturated heterocycles. The van der Waals surface area contributed by atoms with Gasteiger partial charge in [0.05, 0.1) is 24.3 Å². The second-order valence-electron chi connectivity index (χ2n) is 4.88. The SMILES string of the molecule is CCCNCc1cncc(Oc2cnn(C(C)C)c2)n1. The maximum absolute atomic E-state index is 5.67. The van der Waals surface area contributed by atoms with Crippen molar-refractivity contribution in [3.05, 3.63) is 30.5 Å². The lowest BCUT2D eigenvalue weighted by Gasteiger charge is -2.05. The Balaban J connectivity index is 1.99. The van der Waals surface area contributed by atoms with Crippen molar-refractivity contribution >= 4 is 0 Å². The van der Waals surface area contributed by atoms with Crippen LogP contribution in [0, 0.1) is 0 Å². The minimum Gasteiger partial charge on any atom is -0.434 e. The van der Waals surface area contributed by atoms with Crippen LogP contribution in [0.15, 0.2) is 24.8 Å². The molecule has 0 bridgehead atoms. The molecular weight excluding hydrogens is 254 g/mol. The van der Waals surface area contributed by atoms with Crippen LogP contribution in [0.2, 0.25) is 0 Å². The van der Waals surface area contributed by atoms with E-state index in [0.29, 0.717) is 24.2 Å². The standard InChI is InChI=1S/C14H21N5O/c1-4-5-15-6-12-7-16-9-14(18-12)20-13-8-17-19(10-13)11(2)3/h7-11,15H,4-6H2,1-3H3. The van der Waals surface area contributed by atoms with Gasteiger partial charge in [0.15, 0.2) is 5.75 Å². The van der Waals surface area contributed by atoms with Gasteiger partial charge in [-0.2, -0.15) is 5.10 Å². The highest BCUT2D eigenvalue weighted by Gasteiger charge is 2.05. The van der Waals surface area contributed by atoms with Gasteiger partial charge in [-0.1, -0.05) is 6.92 Å². The Labute approximate surface area is 119 Å². The first-order valence-corrected chi connectivity index (χ1v) is 6.92. The van der Waals surface area contributed by atoms with E-state index >= 15 is 0 Å². The first kappa shape index (κ1) is 14.5. The van der Waals surface area contributed by atoms with Crippen LogP contribution in [-0.4, -0.2) is 26.3 Å². The predicted octanol–water partition coefficient (Wildman–Crippen LogP) is 2.55. The molecule has 2 rings (SSSR count). The fourth-order valence-corrected chi connectivity index (χ4v) is 1.69. The summed E-state index contributed by atoms with van der Waals surface area (Å²) in [5.74, 6) is 1.16. The molecule has 0 aliphatic heterocycles. The molecule has 108 valence electrons. The molecule has 0 radical (unpaired) electrons. The van der Waals surface area contributed by atoms with Gasteiger partial charge < -0.3 is 10.1 Å². The van der Waals surface area contributed by atoms with Crippen LogP contribution in [0.5, 0.6) is 11.6 Å². The fraction of sp³-hybridized carbons (Fsp3) is 0.500. The summed E-state index contributed by atoms with van der Waals surface area (Å²) >= 11 is 0. The Kier molecular flexibility index (Phi) is 5.06. The lowest BCUT2D eigenvalue weighted by molar-refractivity contribution is 0.453. The minimum atomic E-state index is 0.308. The van der Waals surface area contributed by atoms with Gasteiger partial charge in [0.2, 0.25) is 5.88 Å². The monoisotopic (exact) mass is 275 g/mol. The number of ether oxygens (including phenoxy) is 1. The van der Waals surface area contributed by atoms with Gasteiger partial charge in [-0.05, 0) is 26.8 Å². The topological polar surface area (TPSA) is 64.9 Å². The van der Waals surface area contributed by atoms with Gasteiger partial charge in [-0.3, -0.25) is 9.67 Å². The average molecular weight is 275 g/mol. The molecule has 0 atom stereocenters. The summed E-state index contributed by atoms with van der Waals surface area (Å²) in [6.45, 7) is 7.93. The molecule has 6 heteroatoms. The zero-order chi connectivity index (χ0) is 14.4. The van der Waals surface area contributed by atoms with Crippen molar-refractivity contribution in [3.63, 3.8) is 0 Å². The van der Waals surface area contributed by atoms with Crippen LogP contribution in [0.25, 0.3) is 0 Å². The van der Waals surface area contributed by atoms with E-state index in [2.05, 4.69) is 41.2 Å². The van der Waals surface area contributed by atoms with Gasteiger partial charge >= 0.3 is 0 Å². The molecule has 0 aromatic carbocycles. The van der Waals surface area contributed by atoms with Crippen molar-refractivity contribution in [1.82, 2.24) is 25.1 Å². The quantitative estimate of drug-likeness (QED) is 0.787. The lowest BCUT2D eigenvalue weighted by Crippen LogP contribution is -2.15. The Morgan fingerprint density at radius 2 is 2.15 bits per heavy atom. The maximum atomic E-state index is 5.67. The van der Waals surface area contributed by atoms with E-state index in [0.717, 1.165) is 18.7 Å². The van der Waals surface area contributed by atoms with E-state index in [-0.39, 0.29) is 0 Å². The molecule has 2 aromatic rings. The van der Waals surface area contributed by atoms with Crippen LogP contribution in [-0.2, 0) is 6.54 Å². The van der Waals surface area contributed by atoms with Gasteiger partial charge in [0.25, 0.3) is 0 Å². The van der Waals surface area contributed by atoms with Crippen LogP contribution in [0.3, 0.4) is 0 Å². The van der Waals surface area contributed by atoms with Gasteiger partial charge in [-0.15, -0.1) is 0 Å². The average Bonchev–Trinajstić information content (AvgIpc) is 2.88. The summed E-state index contributed by atoms with van der Waals surface area (Å²) < 4.78 is 7.51. The number of nitrogens with zero attached hydrogens (tertiary/aromatic N) is 4. The summed E-state index contributed by atoms with van der Waals surface area (Å²) in [5, 5.41) is 7.51. The maximum Gasteiger partial charge on any atom is 0.238 e. The van der Waals surface area contributed by atoms with E-state index in [1.165, 1.54) is 0 Å². The first-order valence-electron chi connectivity index (χ1n) is 6.92. The summed E-state index contributed by atoms with van der Waals surface area (Å²) in [5.41, 5.74) is 0.868. The van der Waals surface area contributed by atoms with Crippen molar-refractivity contribution in [3.8, 4) is 11.6 Å². The molecule has 2 heterocycles. The van der Waals surface area contributed by atoms with E-state index in [4.69, 9.17) is 4.74 Å². The normalized spacial score (nSPS) is 11.0. The summed E-state index contributed by atoms with van der Waals surface area (Å²) in [6.07, 6.45) is 7.99. The summed E-state index contributed by atoms with van der Waals surface area (Å²) in [7, 11) is 0. The van der Waals surface area contributed by atoms with Gasteiger partial charge in [0.1, 0.15) is 0 Å².